The molecule has 126 valence electrons. The molecule has 1 nitrogen and oxygen atoms in total. The van der Waals surface area contributed by atoms with Crippen LogP contribution in [0.3, 0.4) is 0 Å². The molecule has 0 fully saturated rings. The Kier molecular flexibility index (Phi) is 26.5. The molecule has 0 radical (unpaired) electrons. The second-order valence-electron chi connectivity index (χ2n) is 5.73. The van der Waals surface area contributed by atoms with Gasteiger partial charge in [0.25, 0.3) is 0 Å². The molecule has 0 aliphatic rings. The minimum Gasteiger partial charge on any atom is -0.330 e. The van der Waals surface area contributed by atoms with Crippen LogP contribution in [0.4, 0.5) is 0 Å². The van der Waals surface area contributed by atoms with Gasteiger partial charge in [0.2, 0.25) is 0 Å². The standard InChI is InChI=1S/C18H37N.C2H4/c1-2-3-4-5-6-7-8-9-10-11-12-13-14-15-16-17-18-19;1-2/h9-10H,2-8,11-19H2,1H3;1-2H2/b10-9-;. The molecule has 0 aromatic heterocycles. The van der Waals surface area contributed by atoms with Gasteiger partial charge < -0.3 is 5.73 Å². The molecule has 0 saturated carbocycles. The van der Waals surface area contributed by atoms with Crippen molar-refractivity contribution in [3.8, 4) is 0 Å². The monoisotopic (exact) mass is 295 g/mol. The van der Waals surface area contributed by atoms with Gasteiger partial charge in [-0.15, -0.1) is 13.2 Å². The van der Waals surface area contributed by atoms with E-state index in [1.54, 1.807) is 0 Å². The van der Waals surface area contributed by atoms with Crippen LogP contribution in [0.25, 0.3) is 0 Å². The zero-order chi connectivity index (χ0) is 16.0. The molecule has 0 heterocycles. The van der Waals surface area contributed by atoms with Crippen LogP contribution in [0.15, 0.2) is 25.3 Å². The highest BCUT2D eigenvalue weighted by atomic mass is 14.5. The molecule has 0 bridgehead atoms. The third-order valence-electron chi connectivity index (χ3n) is 3.72. The summed E-state index contributed by atoms with van der Waals surface area (Å²) in [6.07, 6.45) is 23.9. The van der Waals surface area contributed by atoms with Crippen molar-refractivity contribution in [1.29, 1.82) is 0 Å². The lowest BCUT2D eigenvalue weighted by atomic mass is 10.1. The topological polar surface area (TPSA) is 26.0 Å². The average Bonchev–Trinajstić information content (AvgIpc) is 2.53. The van der Waals surface area contributed by atoms with Crippen LogP contribution in [0.5, 0.6) is 0 Å². The first-order valence-electron chi connectivity index (χ1n) is 9.27. The Bertz CT molecular complexity index is 186. The molecule has 2 N–H and O–H groups in total. The van der Waals surface area contributed by atoms with E-state index in [4.69, 9.17) is 5.73 Å². The molecular weight excluding hydrogens is 254 g/mol. The summed E-state index contributed by atoms with van der Waals surface area (Å²) in [6, 6.07) is 0. The maximum absolute atomic E-state index is 5.47. The smallest absolute Gasteiger partial charge is 0.00773 e. The summed E-state index contributed by atoms with van der Waals surface area (Å²) in [7, 11) is 0. The molecule has 0 aromatic carbocycles. The quantitative estimate of drug-likeness (QED) is 0.261. The minimum atomic E-state index is 0.862. The molecule has 21 heavy (non-hydrogen) atoms. The van der Waals surface area contributed by atoms with Gasteiger partial charge in [-0.3, -0.25) is 0 Å². The van der Waals surface area contributed by atoms with Crippen molar-refractivity contribution in [2.24, 2.45) is 5.73 Å². The van der Waals surface area contributed by atoms with Gasteiger partial charge in [0.1, 0.15) is 0 Å². The molecule has 0 rings (SSSR count). The van der Waals surface area contributed by atoms with E-state index in [1.807, 2.05) is 0 Å². The minimum absolute atomic E-state index is 0.862. The van der Waals surface area contributed by atoms with Crippen molar-refractivity contribution >= 4 is 0 Å². The first-order valence-corrected chi connectivity index (χ1v) is 9.27. The first-order chi connectivity index (χ1) is 10.4. The van der Waals surface area contributed by atoms with Crippen LogP contribution < -0.4 is 5.73 Å². The fourth-order valence-corrected chi connectivity index (χ4v) is 2.39. The number of hydrogen-bond donors (Lipinski definition) is 1. The molecule has 0 aliphatic carbocycles. The van der Waals surface area contributed by atoms with Crippen LogP contribution in [0, 0.1) is 0 Å². The van der Waals surface area contributed by atoms with E-state index in [9.17, 15) is 0 Å². The Hall–Kier alpha value is -0.560. The summed E-state index contributed by atoms with van der Waals surface area (Å²) in [5, 5.41) is 0. The average molecular weight is 296 g/mol. The first kappa shape index (κ1) is 22.7. The van der Waals surface area contributed by atoms with Crippen molar-refractivity contribution in [2.45, 2.75) is 96.8 Å². The van der Waals surface area contributed by atoms with Gasteiger partial charge in [-0.25, -0.2) is 0 Å². The van der Waals surface area contributed by atoms with Gasteiger partial charge in [-0.1, -0.05) is 76.9 Å². The maximum Gasteiger partial charge on any atom is -0.00773 e. The van der Waals surface area contributed by atoms with Crippen molar-refractivity contribution < 1.29 is 0 Å². The second kappa shape index (κ2) is 24.5. The predicted octanol–water partition coefficient (Wildman–Crippen LogP) is 6.78. The number of rotatable bonds is 15. The molecule has 0 aromatic rings. The van der Waals surface area contributed by atoms with Crippen molar-refractivity contribution in [3.05, 3.63) is 25.3 Å². The van der Waals surface area contributed by atoms with Crippen LogP contribution >= 0.6 is 0 Å². The Labute approximate surface area is 135 Å². The summed E-state index contributed by atoms with van der Waals surface area (Å²) in [4.78, 5) is 0. The summed E-state index contributed by atoms with van der Waals surface area (Å²) in [5.41, 5.74) is 5.47. The summed E-state index contributed by atoms with van der Waals surface area (Å²) < 4.78 is 0. The molecule has 0 unspecified atom stereocenters. The Morgan fingerprint density at radius 3 is 1.43 bits per heavy atom. The highest BCUT2D eigenvalue weighted by Gasteiger charge is 1.90. The van der Waals surface area contributed by atoms with Crippen LogP contribution in [-0.2, 0) is 0 Å². The number of unbranched alkanes of at least 4 members (excludes halogenated alkanes) is 12. The normalized spacial score (nSPS) is 10.6. The summed E-state index contributed by atoms with van der Waals surface area (Å²) in [6.45, 7) is 9.14. The lowest BCUT2D eigenvalue weighted by molar-refractivity contribution is 0.599. The lowest BCUT2D eigenvalue weighted by Gasteiger charge is -1.99. The van der Waals surface area contributed by atoms with E-state index in [2.05, 4.69) is 32.2 Å². The van der Waals surface area contributed by atoms with Gasteiger partial charge >= 0.3 is 0 Å². The van der Waals surface area contributed by atoms with Gasteiger partial charge in [-0.05, 0) is 38.6 Å². The zero-order valence-electron chi connectivity index (χ0n) is 14.8. The van der Waals surface area contributed by atoms with Gasteiger partial charge in [0.15, 0.2) is 0 Å². The summed E-state index contributed by atoms with van der Waals surface area (Å²) in [5.74, 6) is 0. The van der Waals surface area contributed by atoms with E-state index in [-0.39, 0.29) is 0 Å². The van der Waals surface area contributed by atoms with Gasteiger partial charge in [0, 0.05) is 0 Å². The predicted molar refractivity (Wildman–Crippen MR) is 99.8 cm³/mol. The molecular formula is C20H41N. The van der Waals surface area contributed by atoms with E-state index in [0.29, 0.717) is 0 Å². The van der Waals surface area contributed by atoms with Crippen molar-refractivity contribution in [3.63, 3.8) is 0 Å². The second-order valence-corrected chi connectivity index (χ2v) is 5.73. The number of hydrogen-bond acceptors (Lipinski definition) is 1. The van der Waals surface area contributed by atoms with Gasteiger partial charge in [-0.2, -0.15) is 0 Å². The van der Waals surface area contributed by atoms with E-state index in [1.165, 1.54) is 89.9 Å². The van der Waals surface area contributed by atoms with Crippen molar-refractivity contribution in [1.82, 2.24) is 0 Å². The number of nitrogens with two attached hydrogens (primary N) is 1. The molecule has 0 amide bonds. The highest BCUT2D eigenvalue weighted by molar-refractivity contribution is 4.81. The highest BCUT2D eigenvalue weighted by Crippen LogP contribution is 2.09. The third-order valence-corrected chi connectivity index (χ3v) is 3.72. The van der Waals surface area contributed by atoms with E-state index < -0.39 is 0 Å². The fourth-order valence-electron chi connectivity index (χ4n) is 2.39. The third kappa shape index (κ3) is 24.8. The SMILES string of the molecule is C=C.CCCCCCCC/C=C\CCCCCCCCN. The maximum atomic E-state index is 5.47. The molecule has 0 spiro atoms. The fraction of sp³-hybridized carbons (Fsp3) is 0.800. The Morgan fingerprint density at radius 2 is 1.00 bits per heavy atom. The van der Waals surface area contributed by atoms with Gasteiger partial charge in [0.05, 0.1) is 0 Å². The van der Waals surface area contributed by atoms with Crippen LogP contribution in [0.1, 0.15) is 96.8 Å². The molecule has 0 saturated heterocycles. The van der Waals surface area contributed by atoms with E-state index >= 15 is 0 Å². The van der Waals surface area contributed by atoms with Crippen molar-refractivity contribution in [2.75, 3.05) is 6.54 Å². The summed E-state index contributed by atoms with van der Waals surface area (Å²) >= 11 is 0. The molecule has 0 atom stereocenters. The largest absolute Gasteiger partial charge is 0.330 e. The van der Waals surface area contributed by atoms with Crippen LogP contribution in [0.2, 0.25) is 0 Å². The van der Waals surface area contributed by atoms with E-state index in [0.717, 1.165) is 6.54 Å². The lowest BCUT2D eigenvalue weighted by Crippen LogP contribution is -1.97. The Morgan fingerprint density at radius 1 is 0.619 bits per heavy atom. The number of allylic oxidation sites excluding steroid dienone is 2. The Balaban J connectivity index is 0. The molecule has 0 aliphatic heterocycles. The molecule has 1 heteroatoms. The zero-order valence-corrected chi connectivity index (χ0v) is 14.8. The van der Waals surface area contributed by atoms with Crippen LogP contribution in [-0.4, -0.2) is 6.54 Å².